The highest BCUT2D eigenvalue weighted by Crippen LogP contribution is 1.90. The van der Waals surface area contributed by atoms with Crippen molar-refractivity contribution in [2.24, 2.45) is 0 Å². The van der Waals surface area contributed by atoms with E-state index in [0.717, 1.165) is 12.8 Å². The van der Waals surface area contributed by atoms with E-state index in [2.05, 4.69) is 10.6 Å². The molecule has 0 aromatic rings. The largest absolute Gasteiger partial charge is 0.355 e. The molecular formula is C9H20N2O3S. The number of hydrogen-bond donors (Lipinski definition) is 2. The van der Waals surface area contributed by atoms with Crippen LogP contribution in [0.4, 0.5) is 0 Å². The summed E-state index contributed by atoms with van der Waals surface area (Å²) in [6.45, 7) is 4.89. The van der Waals surface area contributed by atoms with Crippen LogP contribution in [0, 0.1) is 0 Å². The highest BCUT2D eigenvalue weighted by Gasteiger charge is 2.08. The van der Waals surface area contributed by atoms with Gasteiger partial charge >= 0.3 is 0 Å². The lowest BCUT2D eigenvalue weighted by Gasteiger charge is -2.11. The number of sulfone groups is 1. The Labute approximate surface area is 91.5 Å². The normalized spacial score (nSPS) is 13.5. The third kappa shape index (κ3) is 9.68. The van der Waals surface area contributed by atoms with Gasteiger partial charge in [-0.15, -0.1) is 0 Å². The smallest absolute Gasteiger partial charge is 0.221 e. The molecule has 0 spiro atoms. The van der Waals surface area contributed by atoms with E-state index in [9.17, 15) is 13.2 Å². The van der Waals surface area contributed by atoms with E-state index in [0.29, 0.717) is 6.42 Å². The second-order valence-electron chi connectivity index (χ2n) is 3.64. The molecule has 5 nitrogen and oxygen atoms in total. The fourth-order valence-corrected chi connectivity index (χ4v) is 1.62. The number of hydrogen-bond acceptors (Lipinski definition) is 4. The van der Waals surface area contributed by atoms with Crippen LogP contribution in [0.2, 0.25) is 0 Å². The fraction of sp³-hybridized carbons (Fsp3) is 0.889. The van der Waals surface area contributed by atoms with Crippen molar-refractivity contribution < 1.29 is 13.2 Å². The van der Waals surface area contributed by atoms with E-state index in [1.807, 2.05) is 13.8 Å². The molecule has 0 heterocycles. The van der Waals surface area contributed by atoms with Crippen LogP contribution in [-0.4, -0.2) is 45.5 Å². The molecular weight excluding hydrogens is 216 g/mol. The van der Waals surface area contributed by atoms with Gasteiger partial charge in [0.2, 0.25) is 5.91 Å². The Morgan fingerprint density at radius 1 is 1.40 bits per heavy atom. The standard InChI is InChI=1S/C9H20N2O3S/c1-4-10-8(2)7-9(12)11-5-6-15(3,13)14/h8,10H,4-7H2,1-3H3,(H,11,12). The number of nitrogens with one attached hydrogen (secondary N) is 2. The Balaban J connectivity index is 3.67. The lowest BCUT2D eigenvalue weighted by atomic mass is 10.2. The van der Waals surface area contributed by atoms with Gasteiger partial charge in [-0.05, 0) is 13.5 Å². The van der Waals surface area contributed by atoms with E-state index in [4.69, 9.17) is 0 Å². The molecule has 1 amide bonds. The molecule has 0 saturated carbocycles. The van der Waals surface area contributed by atoms with Gasteiger partial charge in [0.1, 0.15) is 9.84 Å². The highest BCUT2D eigenvalue weighted by atomic mass is 32.2. The molecule has 0 fully saturated rings. The van der Waals surface area contributed by atoms with Crippen LogP contribution in [-0.2, 0) is 14.6 Å². The monoisotopic (exact) mass is 236 g/mol. The molecule has 0 aliphatic heterocycles. The minimum absolute atomic E-state index is 0.00563. The van der Waals surface area contributed by atoms with Gasteiger partial charge in [0.15, 0.2) is 0 Å². The maximum Gasteiger partial charge on any atom is 0.221 e. The molecule has 0 radical (unpaired) electrons. The molecule has 0 aliphatic carbocycles. The quantitative estimate of drug-likeness (QED) is 0.627. The van der Waals surface area contributed by atoms with E-state index in [-0.39, 0.29) is 24.2 Å². The van der Waals surface area contributed by atoms with Gasteiger partial charge in [0.05, 0.1) is 5.75 Å². The Morgan fingerprint density at radius 2 is 2.00 bits per heavy atom. The van der Waals surface area contributed by atoms with E-state index in [1.165, 1.54) is 0 Å². The molecule has 0 saturated heterocycles. The Bertz CT molecular complexity index is 288. The summed E-state index contributed by atoms with van der Waals surface area (Å²) in [5.74, 6) is -0.124. The zero-order chi connectivity index (χ0) is 11.9. The zero-order valence-corrected chi connectivity index (χ0v) is 10.4. The van der Waals surface area contributed by atoms with Crippen LogP contribution < -0.4 is 10.6 Å². The second kappa shape index (κ2) is 6.79. The van der Waals surface area contributed by atoms with Crippen molar-refractivity contribution in [1.82, 2.24) is 10.6 Å². The molecule has 0 aromatic heterocycles. The van der Waals surface area contributed by atoms with Gasteiger partial charge in [0.25, 0.3) is 0 Å². The topological polar surface area (TPSA) is 75.3 Å². The SMILES string of the molecule is CCNC(C)CC(=O)NCCS(C)(=O)=O. The van der Waals surface area contributed by atoms with Crippen molar-refractivity contribution in [3.8, 4) is 0 Å². The summed E-state index contributed by atoms with van der Waals surface area (Å²) in [5, 5.41) is 5.67. The fourth-order valence-electron chi connectivity index (χ4n) is 1.15. The lowest BCUT2D eigenvalue weighted by molar-refractivity contribution is -0.121. The minimum atomic E-state index is -2.99. The van der Waals surface area contributed by atoms with Crippen LogP contribution >= 0.6 is 0 Å². The molecule has 0 aliphatic rings. The number of carbonyl (C=O) groups is 1. The Hall–Kier alpha value is -0.620. The molecule has 1 unspecified atom stereocenters. The Kier molecular flexibility index (Phi) is 6.51. The van der Waals surface area contributed by atoms with Crippen LogP contribution in [0.1, 0.15) is 20.3 Å². The average molecular weight is 236 g/mol. The van der Waals surface area contributed by atoms with Crippen molar-refractivity contribution >= 4 is 15.7 Å². The van der Waals surface area contributed by atoms with Gasteiger partial charge in [0, 0.05) is 25.3 Å². The summed E-state index contributed by atoms with van der Waals surface area (Å²) < 4.78 is 21.5. The van der Waals surface area contributed by atoms with Crippen molar-refractivity contribution in [2.75, 3.05) is 25.1 Å². The van der Waals surface area contributed by atoms with E-state index < -0.39 is 9.84 Å². The number of amides is 1. The highest BCUT2D eigenvalue weighted by molar-refractivity contribution is 7.90. The Morgan fingerprint density at radius 3 is 2.47 bits per heavy atom. The predicted molar refractivity (Wildman–Crippen MR) is 60.5 cm³/mol. The first-order valence-electron chi connectivity index (χ1n) is 5.03. The average Bonchev–Trinajstić information content (AvgIpc) is 2.01. The van der Waals surface area contributed by atoms with E-state index in [1.54, 1.807) is 0 Å². The molecule has 0 aromatic carbocycles. The molecule has 1 atom stereocenters. The first kappa shape index (κ1) is 14.4. The van der Waals surface area contributed by atoms with Crippen molar-refractivity contribution in [3.05, 3.63) is 0 Å². The number of rotatable bonds is 7. The third-order valence-corrected chi connectivity index (χ3v) is 2.78. The molecule has 0 rings (SSSR count). The van der Waals surface area contributed by atoms with Crippen molar-refractivity contribution in [2.45, 2.75) is 26.3 Å². The molecule has 90 valence electrons. The minimum Gasteiger partial charge on any atom is -0.355 e. The predicted octanol–water partition coefficient (Wildman–Crippen LogP) is -0.465. The summed E-state index contributed by atoms with van der Waals surface area (Å²) in [6, 6.07) is 0.119. The van der Waals surface area contributed by atoms with Crippen molar-refractivity contribution in [3.63, 3.8) is 0 Å². The molecule has 15 heavy (non-hydrogen) atoms. The number of carbonyl (C=O) groups excluding carboxylic acids is 1. The summed E-state index contributed by atoms with van der Waals surface area (Å²) in [5.41, 5.74) is 0. The van der Waals surface area contributed by atoms with Crippen LogP contribution in [0.25, 0.3) is 0 Å². The molecule has 2 N–H and O–H groups in total. The first-order chi connectivity index (χ1) is 6.85. The second-order valence-corrected chi connectivity index (χ2v) is 5.90. The summed E-state index contributed by atoms with van der Waals surface area (Å²) in [7, 11) is -2.99. The maximum atomic E-state index is 11.3. The van der Waals surface area contributed by atoms with Gasteiger partial charge in [-0.2, -0.15) is 0 Å². The molecule has 0 bridgehead atoms. The first-order valence-corrected chi connectivity index (χ1v) is 7.09. The summed E-state index contributed by atoms with van der Waals surface area (Å²) in [4.78, 5) is 11.3. The van der Waals surface area contributed by atoms with Gasteiger partial charge in [-0.1, -0.05) is 6.92 Å². The summed E-state index contributed by atoms with van der Waals surface area (Å²) >= 11 is 0. The van der Waals surface area contributed by atoms with Crippen LogP contribution in [0.5, 0.6) is 0 Å². The van der Waals surface area contributed by atoms with Gasteiger partial charge in [-0.25, -0.2) is 8.42 Å². The maximum absolute atomic E-state index is 11.3. The van der Waals surface area contributed by atoms with Crippen LogP contribution in [0.15, 0.2) is 0 Å². The third-order valence-electron chi connectivity index (χ3n) is 1.84. The van der Waals surface area contributed by atoms with Gasteiger partial charge in [-0.3, -0.25) is 4.79 Å². The van der Waals surface area contributed by atoms with Crippen molar-refractivity contribution in [1.29, 1.82) is 0 Å². The lowest BCUT2D eigenvalue weighted by Crippen LogP contribution is -2.35. The van der Waals surface area contributed by atoms with Crippen LogP contribution in [0.3, 0.4) is 0 Å². The summed E-state index contributed by atoms with van der Waals surface area (Å²) in [6.07, 6.45) is 1.53. The zero-order valence-electron chi connectivity index (χ0n) is 9.54. The molecule has 6 heteroatoms. The van der Waals surface area contributed by atoms with E-state index >= 15 is 0 Å². The van der Waals surface area contributed by atoms with Gasteiger partial charge < -0.3 is 10.6 Å².